The zero-order chi connectivity index (χ0) is 66.3. The predicted molar refractivity (Wildman–Crippen MR) is 249 cm³/mol. The molecule has 8 aromatic rings. The first kappa shape index (κ1) is 17.9. The number of rotatable bonds is 6. The number of phenolic OH excluding ortho intramolecular Hbond substituents is 1. The number of hydrogen-bond acceptors (Lipinski definition) is 3. The lowest BCUT2D eigenvalue weighted by molar-refractivity contribution is 0.446. The van der Waals surface area contributed by atoms with Gasteiger partial charge in [-0.05, 0) is 116 Å². The van der Waals surface area contributed by atoms with E-state index < -0.39 is 152 Å². The summed E-state index contributed by atoms with van der Waals surface area (Å²) in [6, 6.07) is 16.8. The molecule has 1 N–H and O–H groups in total. The molecule has 4 nitrogen and oxygen atoms in total. The maximum Gasteiger partial charge on any atom is 0.149 e. The Hall–Kier alpha value is -6.26. The minimum atomic E-state index is -4.30. The van der Waals surface area contributed by atoms with E-state index in [1.807, 2.05) is 20.8 Å². The number of aryl methyl sites for hydroxylation is 1. The van der Waals surface area contributed by atoms with Gasteiger partial charge in [-0.3, -0.25) is 9.55 Å². The number of aromatic nitrogens is 3. The van der Waals surface area contributed by atoms with Crippen molar-refractivity contribution in [2.45, 2.75) is 85.0 Å². The summed E-state index contributed by atoms with van der Waals surface area (Å²) >= 11 is 0. The van der Waals surface area contributed by atoms with Crippen molar-refractivity contribution in [1.29, 1.82) is 0 Å². The average Bonchev–Trinajstić information content (AvgIpc) is 0.787. The molecular formula is C55H55N3O. The van der Waals surface area contributed by atoms with E-state index in [0.29, 0.717) is 17.2 Å². The molecule has 0 atom stereocenters. The van der Waals surface area contributed by atoms with Crippen molar-refractivity contribution in [1.82, 2.24) is 14.5 Å². The third-order valence-electron chi connectivity index (χ3n) is 9.94. The summed E-state index contributed by atoms with van der Waals surface area (Å²) in [6.45, 7) is -22.9. The van der Waals surface area contributed by atoms with Crippen molar-refractivity contribution in [2.24, 2.45) is 0 Å². The van der Waals surface area contributed by atoms with E-state index in [9.17, 15) is 6.48 Å². The van der Waals surface area contributed by atoms with Gasteiger partial charge in [-0.2, -0.15) is 0 Å². The van der Waals surface area contributed by atoms with E-state index in [4.69, 9.17) is 43.4 Å². The summed E-state index contributed by atoms with van der Waals surface area (Å²) in [7, 11) is 0. The van der Waals surface area contributed by atoms with Gasteiger partial charge in [0, 0.05) is 57.3 Å². The Balaban J connectivity index is 1.62. The summed E-state index contributed by atoms with van der Waals surface area (Å²) < 4.78 is 254. The number of para-hydroxylation sites is 1. The molecule has 6 aromatic carbocycles. The molecule has 0 aliphatic heterocycles. The smallest absolute Gasteiger partial charge is 0.149 e. The SMILES string of the molecule is [2H]c1nc(-c2cc(-c3cccc4c3nc(-c3cc(C(C([2H])([2H])[2H])(C([2H])([2H])[2H])C([2H])([2H])[2H])cc(C(C([2H])([2H])[2H])(C([2H])([2H])[2H])C([2H])([2H])[2H])c3O)n4-c3ccc(-c4ccccc4)c(C([2H])([2H])[2H])c3)cc(C(C)(C)C)c2)c([2H])c(-c2c([2H])c([2H])c([2H])c([2H])c2[2H])c1[2H]. The van der Waals surface area contributed by atoms with Crippen molar-refractivity contribution >= 4 is 11.0 Å². The minimum Gasteiger partial charge on any atom is -0.507 e. The van der Waals surface area contributed by atoms with Crippen molar-refractivity contribution in [3.63, 3.8) is 0 Å². The fourth-order valence-corrected chi connectivity index (χ4v) is 6.93. The van der Waals surface area contributed by atoms with Crippen LogP contribution in [0.15, 0.2) is 146 Å². The summed E-state index contributed by atoms with van der Waals surface area (Å²) in [5.41, 5.74) is -14.0. The second-order valence-corrected chi connectivity index (χ2v) is 15.2. The Morgan fingerprint density at radius 3 is 2.08 bits per heavy atom. The van der Waals surface area contributed by atoms with Gasteiger partial charge in [0.1, 0.15) is 11.6 Å². The summed E-state index contributed by atoms with van der Waals surface area (Å²) in [5, 5.41) is 12.9. The number of phenols is 1. The van der Waals surface area contributed by atoms with Gasteiger partial charge in [0.15, 0.2) is 0 Å². The third-order valence-corrected chi connectivity index (χ3v) is 9.94. The second-order valence-electron chi connectivity index (χ2n) is 15.2. The molecule has 296 valence electrons. The van der Waals surface area contributed by atoms with Crippen LogP contribution in [-0.2, 0) is 16.2 Å². The first-order valence-corrected chi connectivity index (χ1v) is 18.3. The van der Waals surface area contributed by atoms with Crippen molar-refractivity contribution < 1.29 is 44.9 Å². The van der Waals surface area contributed by atoms with Crippen LogP contribution in [0.1, 0.15) is 124 Å². The molecule has 0 unspecified atom stereocenters. The maximum absolute atomic E-state index is 12.9. The monoisotopic (exact) mass is 803 g/mol. The topological polar surface area (TPSA) is 50.9 Å². The van der Waals surface area contributed by atoms with E-state index in [1.54, 1.807) is 42.5 Å². The summed E-state index contributed by atoms with van der Waals surface area (Å²) in [6.07, 6.45) is -0.754. The number of imidazole rings is 1. The lowest BCUT2D eigenvalue weighted by Gasteiger charge is -2.27. The van der Waals surface area contributed by atoms with Gasteiger partial charge in [-0.25, -0.2) is 4.98 Å². The molecule has 0 amide bonds. The van der Waals surface area contributed by atoms with Gasteiger partial charge < -0.3 is 5.11 Å². The van der Waals surface area contributed by atoms with Crippen LogP contribution in [0, 0.1) is 6.85 Å². The molecule has 2 aromatic heterocycles. The Morgan fingerprint density at radius 2 is 1.36 bits per heavy atom. The van der Waals surface area contributed by atoms with Crippen LogP contribution in [0.25, 0.3) is 72.7 Å². The zero-order valence-corrected chi connectivity index (χ0v) is 32.0. The second kappa shape index (κ2) is 14.8. The minimum absolute atomic E-state index is 0.0608. The largest absolute Gasteiger partial charge is 0.507 e. The predicted octanol–water partition coefficient (Wildman–Crippen LogP) is 14.7. The molecule has 0 fully saturated rings. The molecule has 0 radical (unpaired) electrons. The normalized spacial score (nSPS) is 21.0. The molecule has 0 aliphatic carbocycles. The highest BCUT2D eigenvalue weighted by Crippen LogP contribution is 2.45. The van der Waals surface area contributed by atoms with Crippen LogP contribution in [0.5, 0.6) is 5.75 Å². The van der Waals surface area contributed by atoms with Crippen LogP contribution in [0.4, 0.5) is 0 Å². The molecule has 59 heavy (non-hydrogen) atoms. The number of benzene rings is 6. The van der Waals surface area contributed by atoms with Crippen LogP contribution in [0.3, 0.4) is 0 Å². The fraction of sp³-hybridized carbons (Fsp3) is 0.236. The van der Waals surface area contributed by atoms with Gasteiger partial charge in [-0.15, -0.1) is 0 Å². The van der Waals surface area contributed by atoms with Gasteiger partial charge in [-0.1, -0.05) is 153 Å². The number of pyridine rings is 1. The van der Waals surface area contributed by atoms with Crippen molar-refractivity contribution in [3.8, 4) is 67.5 Å². The Morgan fingerprint density at radius 1 is 0.610 bits per heavy atom. The quantitative estimate of drug-likeness (QED) is 0.182. The fourth-order valence-electron chi connectivity index (χ4n) is 6.93. The highest BCUT2D eigenvalue weighted by Gasteiger charge is 2.29. The molecule has 0 aliphatic rings. The lowest BCUT2D eigenvalue weighted by atomic mass is 9.79. The third kappa shape index (κ3) is 7.72. The lowest BCUT2D eigenvalue weighted by Crippen LogP contribution is -2.17. The maximum atomic E-state index is 12.9. The van der Waals surface area contributed by atoms with E-state index in [2.05, 4.69) is 4.98 Å². The van der Waals surface area contributed by atoms with Crippen LogP contribution in [0.2, 0.25) is 0 Å². The van der Waals surface area contributed by atoms with Crippen molar-refractivity contribution in [2.75, 3.05) is 0 Å². The van der Waals surface area contributed by atoms with Gasteiger partial charge >= 0.3 is 0 Å². The molecule has 0 spiro atoms. The van der Waals surface area contributed by atoms with E-state index in [1.165, 1.54) is 42.5 Å². The number of aromatic hydroxyl groups is 1. The Kier molecular flexibility index (Phi) is 4.51. The van der Waals surface area contributed by atoms with Crippen LogP contribution in [-0.4, -0.2) is 19.6 Å². The highest BCUT2D eigenvalue weighted by atomic mass is 16.3. The van der Waals surface area contributed by atoms with Crippen LogP contribution >= 0.6 is 0 Å². The molecule has 4 heteroatoms. The molecule has 0 saturated carbocycles. The molecule has 0 bridgehead atoms. The molecule has 2 heterocycles. The Bertz CT molecular complexity index is 3980. The number of hydrogen-bond donors (Lipinski definition) is 1. The highest BCUT2D eigenvalue weighted by molar-refractivity contribution is 5.97. The van der Waals surface area contributed by atoms with Gasteiger partial charge in [0.2, 0.25) is 0 Å². The molecule has 0 saturated heterocycles. The summed E-state index contributed by atoms with van der Waals surface area (Å²) in [4.78, 5) is 9.24. The molecular weight excluding hydrogens is 719 g/mol. The molecule has 8 rings (SSSR count). The summed E-state index contributed by atoms with van der Waals surface area (Å²) in [5.74, 6) is -2.30. The van der Waals surface area contributed by atoms with E-state index >= 15 is 0 Å². The van der Waals surface area contributed by atoms with Gasteiger partial charge in [0.05, 0.1) is 33.3 Å². The van der Waals surface area contributed by atoms with E-state index in [-0.39, 0.29) is 56.3 Å². The first-order chi connectivity index (χ1) is 40.0. The first-order valence-electron chi connectivity index (χ1n) is 32.8. The van der Waals surface area contributed by atoms with Crippen molar-refractivity contribution in [3.05, 3.63) is 168 Å². The zero-order valence-electron chi connectivity index (χ0n) is 61.0. The van der Waals surface area contributed by atoms with Crippen LogP contribution < -0.4 is 0 Å². The average molecular weight is 803 g/mol. The Labute approximate surface area is 391 Å². The van der Waals surface area contributed by atoms with E-state index in [0.717, 1.165) is 4.57 Å². The van der Waals surface area contributed by atoms with Gasteiger partial charge in [0.25, 0.3) is 0 Å². The number of nitrogens with zero attached hydrogens (tertiary/aromatic N) is 3. The number of fused-ring (bicyclic) bond motifs is 1. The standard InChI is InChI=1S/C55H55N3O/c1-35-28-43(24-25-44(35)37-20-15-12-16-21-37)58-49-23-17-22-45(50(49)57-52(58)46-33-42(54(5,6)7)34-47(51(46)59)55(8,9)10)39-29-40(31-41(30-39)53(2,3)4)48-32-38(26-27-56-48)36-18-13-11-14-19-36/h11-34,59H,1-10H3/i1D3,5D3,6D3,7D3,8D3,9D3,10D3,11D,13D,14D,18D,19D,26D,27D,32D.